The van der Waals surface area contributed by atoms with Crippen molar-refractivity contribution in [1.29, 1.82) is 0 Å². The van der Waals surface area contributed by atoms with Gasteiger partial charge in [0.15, 0.2) is 0 Å². The predicted molar refractivity (Wildman–Crippen MR) is 43.2 cm³/mol. The first-order chi connectivity index (χ1) is 6.04. The fourth-order valence-electron chi connectivity index (χ4n) is 0.946. The van der Waals surface area contributed by atoms with Gasteiger partial charge in [-0.2, -0.15) is 0 Å². The molecule has 1 saturated heterocycles. The molecule has 7 heteroatoms. The Labute approximate surface area is 80.7 Å². The van der Waals surface area contributed by atoms with E-state index in [9.17, 15) is 13.2 Å². The van der Waals surface area contributed by atoms with E-state index in [2.05, 4.69) is 4.65 Å². The lowest BCUT2D eigenvalue weighted by Crippen LogP contribution is -2.41. The van der Waals surface area contributed by atoms with Gasteiger partial charge < -0.3 is 9.31 Å². The number of hydrogen-bond acceptors (Lipinski definition) is 3. The van der Waals surface area contributed by atoms with Gasteiger partial charge in [0, 0.05) is 0 Å². The minimum atomic E-state index is -4.75. The molecule has 0 spiro atoms. The second kappa shape index (κ2) is 3.11. The van der Waals surface area contributed by atoms with Crippen molar-refractivity contribution >= 4 is 7.32 Å². The molecule has 0 unspecified atom stereocenters. The number of rotatable bonds is 1. The van der Waals surface area contributed by atoms with E-state index >= 15 is 0 Å². The monoisotopic (exact) mass is 212 g/mol. The summed E-state index contributed by atoms with van der Waals surface area (Å²) in [5, 5.41) is 0. The van der Waals surface area contributed by atoms with Crippen molar-refractivity contribution in [2.75, 3.05) is 0 Å². The average molecular weight is 212 g/mol. The molecular formula is C7H12BF3O3. The van der Waals surface area contributed by atoms with Gasteiger partial charge >= 0.3 is 13.7 Å². The van der Waals surface area contributed by atoms with E-state index in [1.807, 2.05) is 0 Å². The predicted octanol–water partition coefficient (Wildman–Crippen LogP) is 2.11. The van der Waals surface area contributed by atoms with E-state index in [-0.39, 0.29) is 0 Å². The first kappa shape index (κ1) is 11.8. The Morgan fingerprint density at radius 1 is 1.00 bits per heavy atom. The van der Waals surface area contributed by atoms with Crippen molar-refractivity contribution in [1.82, 2.24) is 0 Å². The topological polar surface area (TPSA) is 27.7 Å². The molecule has 0 bridgehead atoms. The number of alkyl halides is 3. The molecule has 3 nitrogen and oxygen atoms in total. The van der Waals surface area contributed by atoms with Crippen molar-refractivity contribution in [3.8, 4) is 0 Å². The van der Waals surface area contributed by atoms with Crippen molar-refractivity contribution in [2.24, 2.45) is 0 Å². The highest BCUT2D eigenvalue weighted by atomic mass is 19.4. The molecule has 1 fully saturated rings. The molecule has 1 aliphatic rings. The van der Waals surface area contributed by atoms with Crippen LogP contribution in [0.5, 0.6) is 0 Å². The molecule has 0 saturated carbocycles. The first-order valence-corrected chi connectivity index (χ1v) is 4.14. The summed E-state index contributed by atoms with van der Waals surface area (Å²) in [6.07, 6.45) is -4.75. The minimum Gasteiger partial charge on any atom is -0.378 e. The van der Waals surface area contributed by atoms with Crippen LogP contribution < -0.4 is 0 Å². The zero-order valence-electron chi connectivity index (χ0n) is 8.44. The summed E-state index contributed by atoms with van der Waals surface area (Å²) >= 11 is 0. The van der Waals surface area contributed by atoms with E-state index < -0.39 is 24.9 Å². The molecule has 0 radical (unpaired) electrons. The van der Waals surface area contributed by atoms with E-state index in [4.69, 9.17) is 9.31 Å². The summed E-state index contributed by atoms with van der Waals surface area (Å²) in [7, 11) is -1.68. The van der Waals surface area contributed by atoms with Crippen LogP contribution in [0.4, 0.5) is 13.2 Å². The van der Waals surface area contributed by atoms with Gasteiger partial charge in [-0.1, -0.05) is 0 Å². The summed E-state index contributed by atoms with van der Waals surface area (Å²) in [5.74, 6) is 0. The molecule has 0 aromatic carbocycles. The van der Waals surface area contributed by atoms with Gasteiger partial charge in [0.1, 0.15) is 0 Å². The maximum atomic E-state index is 11.8. The van der Waals surface area contributed by atoms with Crippen molar-refractivity contribution in [2.45, 2.75) is 45.3 Å². The van der Waals surface area contributed by atoms with Crippen LogP contribution in [-0.2, 0) is 14.0 Å². The molecule has 1 aliphatic heterocycles. The molecular weight excluding hydrogens is 200 g/mol. The van der Waals surface area contributed by atoms with E-state index in [0.717, 1.165) is 0 Å². The van der Waals surface area contributed by atoms with Gasteiger partial charge in [-0.25, -0.2) is 0 Å². The Bertz CT molecular complexity index is 211. The summed E-state index contributed by atoms with van der Waals surface area (Å²) in [6, 6.07) is 0. The highest BCUT2D eigenvalue weighted by Gasteiger charge is 2.56. The van der Waals surface area contributed by atoms with Gasteiger partial charge in [0.2, 0.25) is 0 Å². The molecule has 0 N–H and O–H groups in total. The third kappa shape index (κ3) is 2.40. The SMILES string of the molecule is CC1(C)OB(OC(F)(F)F)OC1(C)C. The summed E-state index contributed by atoms with van der Waals surface area (Å²) in [5.41, 5.74) is -1.63. The van der Waals surface area contributed by atoms with E-state index in [1.165, 1.54) is 0 Å². The van der Waals surface area contributed by atoms with Crippen LogP contribution in [0, 0.1) is 0 Å². The van der Waals surface area contributed by atoms with Crippen molar-refractivity contribution in [3.05, 3.63) is 0 Å². The van der Waals surface area contributed by atoms with Crippen LogP contribution in [0.2, 0.25) is 0 Å². The van der Waals surface area contributed by atoms with Crippen LogP contribution in [0.25, 0.3) is 0 Å². The van der Waals surface area contributed by atoms with Gasteiger partial charge in [-0.3, -0.25) is 4.65 Å². The smallest absolute Gasteiger partial charge is 0.378 e. The number of halogens is 3. The second-order valence-corrected chi connectivity index (χ2v) is 4.11. The fourth-order valence-corrected chi connectivity index (χ4v) is 0.946. The fraction of sp³-hybridized carbons (Fsp3) is 1.00. The van der Waals surface area contributed by atoms with E-state index in [1.54, 1.807) is 27.7 Å². The normalized spacial score (nSPS) is 25.5. The molecule has 0 aliphatic carbocycles. The van der Waals surface area contributed by atoms with Gasteiger partial charge in [-0.15, -0.1) is 13.2 Å². The van der Waals surface area contributed by atoms with Crippen LogP contribution in [0.3, 0.4) is 0 Å². The van der Waals surface area contributed by atoms with Gasteiger partial charge in [0.05, 0.1) is 11.2 Å². The largest absolute Gasteiger partial charge is 0.646 e. The minimum absolute atomic E-state index is 0.817. The third-order valence-electron chi connectivity index (χ3n) is 2.46. The molecule has 0 atom stereocenters. The first-order valence-electron chi connectivity index (χ1n) is 4.14. The van der Waals surface area contributed by atoms with Crippen LogP contribution in [0.1, 0.15) is 27.7 Å². The summed E-state index contributed by atoms with van der Waals surface area (Å²) in [6.45, 7) is 6.58. The van der Waals surface area contributed by atoms with Gasteiger partial charge in [-0.05, 0) is 27.7 Å². The molecule has 0 aromatic rings. The Kier molecular flexibility index (Phi) is 2.63. The molecule has 0 aromatic heterocycles. The Morgan fingerprint density at radius 2 is 1.36 bits per heavy atom. The summed E-state index contributed by atoms with van der Waals surface area (Å²) < 4.78 is 49.1. The Hall–Kier alpha value is -0.265. The zero-order valence-corrected chi connectivity index (χ0v) is 8.44. The van der Waals surface area contributed by atoms with Crippen molar-refractivity contribution < 1.29 is 27.1 Å². The second-order valence-electron chi connectivity index (χ2n) is 4.11. The molecule has 14 heavy (non-hydrogen) atoms. The highest BCUT2D eigenvalue weighted by molar-refractivity contribution is 6.37. The summed E-state index contributed by atoms with van der Waals surface area (Å²) in [4.78, 5) is 0. The van der Waals surface area contributed by atoms with Crippen molar-refractivity contribution in [3.63, 3.8) is 0 Å². The van der Waals surface area contributed by atoms with Crippen LogP contribution in [0.15, 0.2) is 0 Å². The Morgan fingerprint density at radius 3 is 1.64 bits per heavy atom. The lowest BCUT2D eigenvalue weighted by atomic mass is 9.90. The average Bonchev–Trinajstić information content (AvgIpc) is 1.94. The Balaban J connectivity index is 2.65. The number of hydrogen-bond donors (Lipinski definition) is 0. The molecule has 1 rings (SSSR count). The highest BCUT2D eigenvalue weighted by Crippen LogP contribution is 2.38. The van der Waals surface area contributed by atoms with E-state index in [0.29, 0.717) is 0 Å². The molecule has 0 amide bonds. The lowest BCUT2D eigenvalue weighted by molar-refractivity contribution is -0.289. The quantitative estimate of drug-likeness (QED) is 0.623. The maximum absolute atomic E-state index is 11.8. The molecule has 1 heterocycles. The third-order valence-corrected chi connectivity index (χ3v) is 2.46. The lowest BCUT2D eigenvalue weighted by Gasteiger charge is -2.31. The maximum Gasteiger partial charge on any atom is 0.646 e. The zero-order chi connectivity index (χ0) is 11.2. The van der Waals surface area contributed by atoms with Gasteiger partial charge in [0.25, 0.3) is 0 Å². The van der Waals surface area contributed by atoms with Crippen LogP contribution >= 0.6 is 0 Å². The van der Waals surface area contributed by atoms with Crippen LogP contribution in [-0.4, -0.2) is 24.9 Å². The standard InChI is InChI=1S/C7H12BF3O3/c1-5(2)6(3,4)13-8(12-5)14-7(9,10)11/h1-4H3. The molecule has 82 valence electrons.